The molecule has 1 aromatic rings. The van der Waals surface area contributed by atoms with Gasteiger partial charge in [-0.1, -0.05) is 6.07 Å². The molecule has 0 bridgehead atoms. The monoisotopic (exact) mass is 221 g/mol. The number of nitrogens with one attached hydrogen (secondary N) is 1. The van der Waals surface area contributed by atoms with Crippen LogP contribution < -0.4 is 10.1 Å². The lowest BCUT2D eigenvalue weighted by atomic mass is 10.1. The number of aryl methyl sites for hydroxylation is 2. The molecule has 2 rings (SSSR count). The van der Waals surface area contributed by atoms with E-state index >= 15 is 0 Å². The van der Waals surface area contributed by atoms with E-state index in [0.717, 1.165) is 5.56 Å². The van der Waals surface area contributed by atoms with Crippen LogP contribution in [0.1, 0.15) is 11.1 Å². The molecule has 4 nitrogen and oxygen atoms in total. The Labute approximate surface area is 94.2 Å². The third-order valence-electron chi connectivity index (χ3n) is 2.86. The van der Waals surface area contributed by atoms with Crippen LogP contribution >= 0.6 is 0 Å². The second-order valence-corrected chi connectivity index (χ2v) is 4.09. The zero-order chi connectivity index (χ0) is 11.7. The van der Waals surface area contributed by atoms with Gasteiger partial charge in [0.05, 0.1) is 6.54 Å². The smallest absolute Gasteiger partial charge is 0.252 e. The second kappa shape index (κ2) is 4.14. The van der Waals surface area contributed by atoms with Crippen molar-refractivity contribution < 1.29 is 14.6 Å². The number of hydrogen-bond donors (Lipinski definition) is 2. The fourth-order valence-electron chi connectivity index (χ4n) is 1.65. The van der Waals surface area contributed by atoms with E-state index in [1.165, 1.54) is 5.56 Å². The first-order valence-electron chi connectivity index (χ1n) is 5.27. The topological polar surface area (TPSA) is 58.6 Å². The van der Waals surface area contributed by atoms with E-state index in [0.29, 0.717) is 12.3 Å². The van der Waals surface area contributed by atoms with Crippen molar-refractivity contribution in [2.24, 2.45) is 0 Å². The molecular weight excluding hydrogens is 206 g/mol. The van der Waals surface area contributed by atoms with Gasteiger partial charge in [-0.3, -0.25) is 4.79 Å². The fraction of sp³-hybridized carbons (Fsp3) is 0.417. The molecule has 1 aromatic carbocycles. The van der Waals surface area contributed by atoms with E-state index in [-0.39, 0.29) is 5.91 Å². The molecule has 1 aliphatic heterocycles. The molecule has 0 saturated carbocycles. The van der Waals surface area contributed by atoms with Crippen LogP contribution in [0.3, 0.4) is 0 Å². The number of aliphatic hydroxyl groups excluding tert-OH is 1. The Morgan fingerprint density at radius 2 is 2.12 bits per heavy atom. The molecule has 1 aliphatic rings. The summed E-state index contributed by atoms with van der Waals surface area (Å²) in [5.41, 5.74) is 2.32. The number of hydrogen-bond acceptors (Lipinski definition) is 3. The summed E-state index contributed by atoms with van der Waals surface area (Å²) in [4.78, 5) is 11.1. The average Bonchev–Trinajstić information content (AvgIpc) is 2.55. The molecule has 0 spiro atoms. The highest BCUT2D eigenvalue weighted by Crippen LogP contribution is 2.19. The van der Waals surface area contributed by atoms with Crippen LogP contribution in [0.4, 0.5) is 0 Å². The minimum absolute atomic E-state index is 0.354. The summed E-state index contributed by atoms with van der Waals surface area (Å²) in [7, 11) is 0. The molecule has 1 fully saturated rings. The Morgan fingerprint density at radius 1 is 1.38 bits per heavy atom. The highest BCUT2D eigenvalue weighted by atomic mass is 16.5. The van der Waals surface area contributed by atoms with Crippen LogP contribution in [0.5, 0.6) is 5.75 Å². The van der Waals surface area contributed by atoms with Crippen molar-refractivity contribution in [3.05, 3.63) is 29.3 Å². The SMILES string of the molecule is Cc1ccc(O[C@H]2CNC(=O)[C@@H]2O)cc1C. The highest BCUT2D eigenvalue weighted by molar-refractivity contribution is 5.83. The van der Waals surface area contributed by atoms with E-state index in [4.69, 9.17) is 4.74 Å². The van der Waals surface area contributed by atoms with Crippen LogP contribution in [0.15, 0.2) is 18.2 Å². The number of amides is 1. The van der Waals surface area contributed by atoms with Crippen LogP contribution in [-0.2, 0) is 4.79 Å². The minimum atomic E-state index is -1.07. The highest BCUT2D eigenvalue weighted by Gasteiger charge is 2.34. The molecule has 1 heterocycles. The van der Waals surface area contributed by atoms with Gasteiger partial charge in [-0.15, -0.1) is 0 Å². The van der Waals surface area contributed by atoms with E-state index in [2.05, 4.69) is 5.32 Å². The van der Waals surface area contributed by atoms with Crippen LogP contribution in [0, 0.1) is 13.8 Å². The number of carbonyl (C=O) groups is 1. The summed E-state index contributed by atoms with van der Waals surface area (Å²) in [5.74, 6) is 0.317. The van der Waals surface area contributed by atoms with E-state index in [1.807, 2.05) is 32.0 Å². The van der Waals surface area contributed by atoms with E-state index < -0.39 is 12.2 Å². The molecule has 86 valence electrons. The van der Waals surface area contributed by atoms with Crippen LogP contribution in [-0.4, -0.2) is 29.8 Å². The molecule has 2 atom stereocenters. The van der Waals surface area contributed by atoms with Gasteiger partial charge in [-0.2, -0.15) is 0 Å². The standard InChI is InChI=1S/C12H15NO3/c1-7-3-4-9(5-8(7)2)16-10-6-13-12(15)11(10)14/h3-5,10-11,14H,6H2,1-2H3,(H,13,15)/t10-,11+/m0/s1. The van der Waals surface area contributed by atoms with E-state index in [1.54, 1.807) is 0 Å². The van der Waals surface area contributed by atoms with Gasteiger partial charge in [0.25, 0.3) is 5.91 Å². The quantitative estimate of drug-likeness (QED) is 0.766. The van der Waals surface area contributed by atoms with Crippen molar-refractivity contribution in [3.63, 3.8) is 0 Å². The molecule has 0 radical (unpaired) electrons. The molecular formula is C12H15NO3. The maximum atomic E-state index is 11.1. The van der Waals surface area contributed by atoms with Gasteiger partial charge in [-0.25, -0.2) is 0 Å². The number of aliphatic hydroxyl groups is 1. The predicted octanol–water partition coefficient (Wildman–Crippen LogP) is 0.542. The Hall–Kier alpha value is -1.55. The Morgan fingerprint density at radius 3 is 2.69 bits per heavy atom. The van der Waals surface area contributed by atoms with E-state index in [9.17, 15) is 9.90 Å². The summed E-state index contributed by atoms with van der Waals surface area (Å²) in [6, 6.07) is 5.71. The lowest BCUT2D eigenvalue weighted by Crippen LogP contribution is -2.32. The Bertz CT molecular complexity index is 417. The maximum Gasteiger partial charge on any atom is 0.252 e. The molecule has 1 saturated heterocycles. The predicted molar refractivity (Wildman–Crippen MR) is 59.3 cm³/mol. The van der Waals surface area contributed by atoms with Gasteiger partial charge < -0.3 is 15.2 Å². The van der Waals surface area contributed by atoms with Crippen LogP contribution in [0.2, 0.25) is 0 Å². The maximum absolute atomic E-state index is 11.1. The average molecular weight is 221 g/mol. The third kappa shape index (κ3) is 2.02. The first-order chi connectivity index (χ1) is 7.58. The molecule has 4 heteroatoms. The van der Waals surface area contributed by atoms with Crippen molar-refractivity contribution in [3.8, 4) is 5.75 Å². The molecule has 0 aliphatic carbocycles. The van der Waals surface area contributed by atoms with Gasteiger partial charge >= 0.3 is 0 Å². The molecule has 2 N–H and O–H groups in total. The lowest BCUT2D eigenvalue weighted by Gasteiger charge is -2.15. The molecule has 0 unspecified atom stereocenters. The van der Waals surface area contributed by atoms with Crippen molar-refractivity contribution in [2.45, 2.75) is 26.1 Å². The summed E-state index contributed by atoms with van der Waals surface area (Å²) in [5, 5.41) is 12.1. The molecule has 0 aromatic heterocycles. The van der Waals surface area contributed by atoms with Crippen molar-refractivity contribution in [2.75, 3.05) is 6.54 Å². The van der Waals surface area contributed by atoms with Gasteiger partial charge in [0.15, 0.2) is 12.2 Å². The third-order valence-corrected chi connectivity index (χ3v) is 2.86. The second-order valence-electron chi connectivity index (χ2n) is 4.09. The summed E-state index contributed by atoms with van der Waals surface area (Å²) >= 11 is 0. The first kappa shape index (κ1) is 11.0. The van der Waals surface area contributed by atoms with Gasteiger partial charge in [-0.05, 0) is 37.1 Å². The molecule has 16 heavy (non-hydrogen) atoms. The van der Waals surface area contributed by atoms with Gasteiger partial charge in [0, 0.05) is 0 Å². The number of benzene rings is 1. The van der Waals surface area contributed by atoms with Crippen molar-refractivity contribution >= 4 is 5.91 Å². The largest absolute Gasteiger partial charge is 0.485 e. The fourth-order valence-corrected chi connectivity index (χ4v) is 1.65. The lowest BCUT2D eigenvalue weighted by molar-refractivity contribution is -0.127. The zero-order valence-electron chi connectivity index (χ0n) is 9.36. The summed E-state index contributed by atoms with van der Waals surface area (Å²) < 4.78 is 5.56. The summed E-state index contributed by atoms with van der Waals surface area (Å²) in [6.45, 7) is 4.37. The number of carbonyl (C=O) groups excluding carboxylic acids is 1. The van der Waals surface area contributed by atoms with Gasteiger partial charge in [0.1, 0.15) is 5.75 Å². The number of rotatable bonds is 2. The Kier molecular flexibility index (Phi) is 2.83. The summed E-state index contributed by atoms with van der Waals surface area (Å²) in [6.07, 6.45) is -1.56. The molecule has 1 amide bonds. The van der Waals surface area contributed by atoms with Crippen molar-refractivity contribution in [1.82, 2.24) is 5.32 Å². The minimum Gasteiger partial charge on any atom is -0.485 e. The zero-order valence-corrected chi connectivity index (χ0v) is 9.36. The van der Waals surface area contributed by atoms with Gasteiger partial charge in [0.2, 0.25) is 0 Å². The normalized spacial score (nSPS) is 24.3. The number of ether oxygens (including phenoxy) is 1. The Balaban J connectivity index is 2.09. The van der Waals surface area contributed by atoms with Crippen LogP contribution in [0.25, 0.3) is 0 Å². The first-order valence-corrected chi connectivity index (χ1v) is 5.27. The van der Waals surface area contributed by atoms with Crippen molar-refractivity contribution in [1.29, 1.82) is 0 Å².